The van der Waals surface area contributed by atoms with Gasteiger partial charge in [-0.05, 0) is 17.7 Å². The van der Waals surface area contributed by atoms with E-state index in [1.54, 1.807) is 31.3 Å². The predicted octanol–water partition coefficient (Wildman–Crippen LogP) is 1.12. The maximum atomic E-state index is 13.2. The van der Waals surface area contributed by atoms with Crippen molar-refractivity contribution in [3.05, 3.63) is 71.8 Å². The summed E-state index contributed by atoms with van der Waals surface area (Å²) in [5.41, 5.74) is -0.0677. The summed E-state index contributed by atoms with van der Waals surface area (Å²) in [7, 11) is 4.35. The van der Waals surface area contributed by atoms with Gasteiger partial charge in [0.2, 0.25) is 11.8 Å². The second-order valence-electron chi connectivity index (χ2n) is 8.67. The summed E-state index contributed by atoms with van der Waals surface area (Å²) in [4.78, 5) is 55.0. The van der Waals surface area contributed by atoms with Gasteiger partial charge in [-0.1, -0.05) is 48.5 Å². The minimum atomic E-state index is -1.42. The van der Waals surface area contributed by atoms with Gasteiger partial charge >= 0.3 is 5.97 Å². The number of imide groups is 1. The van der Waals surface area contributed by atoms with Crippen LogP contribution in [0, 0.1) is 11.8 Å². The van der Waals surface area contributed by atoms with E-state index in [0.717, 1.165) is 10.5 Å². The number of carbonyl (C=O) groups excluding carboxylic acids is 4. The van der Waals surface area contributed by atoms with Crippen molar-refractivity contribution >= 4 is 23.7 Å². The Balaban J connectivity index is 1.70. The van der Waals surface area contributed by atoms with Crippen LogP contribution in [0.5, 0.6) is 0 Å². The van der Waals surface area contributed by atoms with Crippen LogP contribution in [-0.2, 0) is 25.5 Å². The van der Waals surface area contributed by atoms with Gasteiger partial charge in [-0.2, -0.15) is 0 Å². The molecule has 0 radical (unpaired) electrons. The van der Waals surface area contributed by atoms with Crippen LogP contribution in [0.15, 0.2) is 60.7 Å². The third-order valence-electron chi connectivity index (χ3n) is 6.69. The van der Waals surface area contributed by atoms with Crippen LogP contribution in [-0.4, -0.2) is 72.8 Å². The number of nitrogens with zero attached hydrogens (tertiary/aromatic N) is 2. The van der Waals surface area contributed by atoms with E-state index in [0.29, 0.717) is 5.56 Å². The highest BCUT2D eigenvalue weighted by molar-refractivity contribution is 6.09. The molecule has 172 valence electrons. The number of esters is 1. The molecule has 0 bridgehead atoms. The lowest BCUT2D eigenvalue weighted by Gasteiger charge is -2.32. The molecule has 2 aliphatic rings. The number of likely N-dealkylation sites (tertiary alicyclic amines) is 1. The molecule has 0 saturated carbocycles. The highest BCUT2D eigenvalue weighted by Gasteiger charge is 2.67. The van der Waals surface area contributed by atoms with Crippen LogP contribution >= 0.6 is 0 Å². The van der Waals surface area contributed by atoms with Crippen LogP contribution in [0.25, 0.3) is 0 Å². The Morgan fingerprint density at radius 2 is 1.64 bits per heavy atom. The van der Waals surface area contributed by atoms with Crippen LogP contribution in [0.1, 0.15) is 15.9 Å². The average Bonchev–Trinajstić information content (AvgIpc) is 3.28. The molecule has 0 aromatic heterocycles. The van der Waals surface area contributed by atoms with E-state index in [4.69, 9.17) is 4.74 Å². The molecule has 2 saturated heterocycles. The molecule has 8 nitrogen and oxygen atoms in total. The van der Waals surface area contributed by atoms with Crippen LogP contribution in [0.3, 0.4) is 0 Å². The summed E-state index contributed by atoms with van der Waals surface area (Å²) in [6.07, 6.45) is 0.182. The van der Waals surface area contributed by atoms with Gasteiger partial charge in [-0.25, -0.2) is 0 Å². The minimum absolute atomic E-state index is 0.148. The largest absolute Gasteiger partial charge is 0.468 e. The third-order valence-corrected chi connectivity index (χ3v) is 6.69. The van der Waals surface area contributed by atoms with Crippen LogP contribution in [0.4, 0.5) is 0 Å². The van der Waals surface area contributed by atoms with Crippen molar-refractivity contribution in [1.82, 2.24) is 15.1 Å². The number of methoxy groups -OCH3 is 1. The average molecular weight is 450 g/mol. The van der Waals surface area contributed by atoms with Crippen molar-refractivity contribution in [2.75, 3.05) is 27.7 Å². The number of rotatable bonds is 6. The maximum Gasteiger partial charge on any atom is 0.327 e. The molecule has 1 N–H and O–H groups in total. The van der Waals surface area contributed by atoms with E-state index in [1.165, 1.54) is 19.1 Å². The Kier molecular flexibility index (Phi) is 6.03. The van der Waals surface area contributed by atoms with E-state index in [9.17, 15) is 19.2 Å². The molecule has 2 fully saturated rings. The Morgan fingerprint density at radius 3 is 2.24 bits per heavy atom. The van der Waals surface area contributed by atoms with Crippen molar-refractivity contribution in [1.29, 1.82) is 0 Å². The summed E-state index contributed by atoms with van der Waals surface area (Å²) in [5, 5.41) is 3.29. The number of carbonyl (C=O) groups is 4. The van der Waals surface area contributed by atoms with E-state index in [2.05, 4.69) is 5.32 Å². The monoisotopic (exact) mass is 449 g/mol. The third kappa shape index (κ3) is 3.80. The number of benzene rings is 2. The van der Waals surface area contributed by atoms with Crippen LogP contribution < -0.4 is 5.32 Å². The minimum Gasteiger partial charge on any atom is -0.468 e. The zero-order valence-corrected chi connectivity index (χ0v) is 18.9. The van der Waals surface area contributed by atoms with Crippen molar-refractivity contribution in [2.24, 2.45) is 11.8 Å². The number of amides is 3. The zero-order valence-electron chi connectivity index (χ0n) is 18.9. The Labute approximate surface area is 192 Å². The summed E-state index contributed by atoms with van der Waals surface area (Å²) in [6.45, 7) is 0.148. The summed E-state index contributed by atoms with van der Waals surface area (Å²) >= 11 is 0. The first-order valence-electron chi connectivity index (χ1n) is 10.8. The van der Waals surface area contributed by atoms with Gasteiger partial charge in [0, 0.05) is 38.7 Å². The first-order valence-corrected chi connectivity index (χ1v) is 10.8. The van der Waals surface area contributed by atoms with Gasteiger partial charge in [-0.15, -0.1) is 0 Å². The molecule has 4 rings (SSSR count). The number of likely N-dealkylation sites (N-methyl/N-ethyl adjacent to an activating group) is 1. The van der Waals surface area contributed by atoms with Crippen molar-refractivity contribution < 1.29 is 23.9 Å². The van der Waals surface area contributed by atoms with E-state index >= 15 is 0 Å². The molecule has 8 heteroatoms. The normalized spacial score (nSPS) is 26.3. The van der Waals surface area contributed by atoms with E-state index in [1.807, 2.05) is 36.4 Å². The molecule has 3 amide bonds. The first kappa shape index (κ1) is 22.7. The van der Waals surface area contributed by atoms with Gasteiger partial charge < -0.3 is 9.64 Å². The van der Waals surface area contributed by atoms with Gasteiger partial charge in [-0.3, -0.25) is 29.4 Å². The molecule has 0 aliphatic carbocycles. The molecule has 0 spiro atoms. The lowest BCUT2D eigenvalue weighted by atomic mass is 9.76. The smallest absolute Gasteiger partial charge is 0.327 e. The number of fused-ring (bicyclic) bond motifs is 1. The number of hydrogen-bond acceptors (Lipinski definition) is 6. The van der Waals surface area contributed by atoms with Gasteiger partial charge in [0.15, 0.2) is 0 Å². The number of ether oxygens (including phenoxy) is 1. The standard InChI is InChI=1S/C25H27N3O5/c1-27(21(29)17-12-8-5-9-13-17)15-18-19-20(23(31)28(2)22(19)30)25(26-18,24(32)33-3)14-16-10-6-4-7-11-16/h4-13,18-20,26H,14-15H2,1-3H3/t18-,19+,20-,25-/m1/s1. The number of hydrogen-bond donors (Lipinski definition) is 1. The highest BCUT2D eigenvalue weighted by atomic mass is 16.5. The fourth-order valence-corrected chi connectivity index (χ4v) is 5.13. The molecular weight excluding hydrogens is 422 g/mol. The van der Waals surface area contributed by atoms with Crippen LogP contribution in [0.2, 0.25) is 0 Å². The SMILES string of the molecule is COC(=O)[C@]1(Cc2ccccc2)N[C@H](CN(C)C(=O)c2ccccc2)[C@@H]2C(=O)N(C)C(=O)[C@@H]21. The van der Waals surface area contributed by atoms with Crippen molar-refractivity contribution in [3.8, 4) is 0 Å². The molecule has 33 heavy (non-hydrogen) atoms. The molecule has 4 atom stereocenters. The highest BCUT2D eigenvalue weighted by Crippen LogP contribution is 2.44. The molecule has 2 aromatic carbocycles. The Bertz CT molecular complexity index is 1070. The van der Waals surface area contributed by atoms with Crippen molar-refractivity contribution in [3.63, 3.8) is 0 Å². The summed E-state index contributed by atoms with van der Waals surface area (Å²) < 4.78 is 5.14. The van der Waals surface area contributed by atoms with Gasteiger partial charge in [0.1, 0.15) is 5.54 Å². The predicted molar refractivity (Wildman–Crippen MR) is 120 cm³/mol. The fraction of sp³-hybridized carbons (Fsp3) is 0.360. The first-order chi connectivity index (χ1) is 15.8. The summed E-state index contributed by atoms with van der Waals surface area (Å²) in [5.74, 6) is -3.29. The second kappa shape index (κ2) is 8.78. The molecular formula is C25H27N3O5. The molecule has 2 aromatic rings. The second-order valence-corrected chi connectivity index (χ2v) is 8.67. The molecule has 2 heterocycles. The topological polar surface area (TPSA) is 96.0 Å². The lowest BCUT2D eigenvalue weighted by Crippen LogP contribution is -2.59. The fourth-order valence-electron chi connectivity index (χ4n) is 5.13. The van der Waals surface area contributed by atoms with Crippen molar-refractivity contribution in [2.45, 2.75) is 18.0 Å². The Hall–Kier alpha value is -3.52. The summed E-state index contributed by atoms with van der Waals surface area (Å²) in [6, 6.07) is 17.5. The maximum absolute atomic E-state index is 13.2. The zero-order chi connectivity index (χ0) is 23.8. The molecule has 2 aliphatic heterocycles. The van der Waals surface area contributed by atoms with Gasteiger partial charge in [0.25, 0.3) is 5.91 Å². The van der Waals surface area contributed by atoms with Gasteiger partial charge in [0.05, 0.1) is 18.9 Å². The number of nitrogens with one attached hydrogen (secondary N) is 1. The quantitative estimate of drug-likeness (QED) is 0.525. The van der Waals surface area contributed by atoms with E-state index in [-0.39, 0.29) is 24.8 Å². The lowest BCUT2D eigenvalue weighted by molar-refractivity contribution is -0.153. The Morgan fingerprint density at radius 1 is 1.03 bits per heavy atom. The molecule has 0 unspecified atom stereocenters. The van der Waals surface area contributed by atoms with E-state index < -0.39 is 35.3 Å².